The number of hydrogen-bond donors (Lipinski definition) is 1. The van der Waals surface area contributed by atoms with Gasteiger partial charge in [0.2, 0.25) is 0 Å². The van der Waals surface area contributed by atoms with E-state index in [9.17, 15) is 9.90 Å². The van der Waals surface area contributed by atoms with Crippen molar-refractivity contribution in [1.29, 1.82) is 0 Å². The van der Waals surface area contributed by atoms with Gasteiger partial charge in [-0.3, -0.25) is 4.79 Å². The zero-order valence-electron chi connectivity index (χ0n) is 27.4. The molecular formula is C38H54O4Si. The summed E-state index contributed by atoms with van der Waals surface area (Å²) in [6.07, 6.45) is 7.84. The fourth-order valence-corrected chi connectivity index (χ4v) is 14.3. The molecule has 3 fully saturated rings. The van der Waals surface area contributed by atoms with Crippen LogP contribution in [0.25, 0.3) is 0 Å². The lowest BCUT2D eigenvalue weighted by molar-refractivity contribution is -0.173. The molecule has 0 amide bonds. The predicted molar refractivity (Wildman–Crippen MR) is 178 cm³/mol. The Morgan fingerprint density at radius 2 is 1.56 bits per heavy atom. The van der Waals surface area contributed by atoms with E-state index in [0.717, 1.165) is 51.4 Å². The molecule has 0 radical (unpaired) electrons. The molecular weight excluding hydrogens is 549 g/mol. The minimum absolute atomic E-state index is 0.0423. The van der Waals surface area contributed by atoms with Crippen molar-refractivity contribution < 1.29 is 19.1 Å². The Kier molecular flexibility index (Phi) is 9.20. The highest BCUT2D eigenvalue weighted by Crippen LogP contribution is 2.62. The predicted octanol–water partition coefficient (Wildman–Crippen LogP) is 7.43. The zero-order chi connectivity index (χ0) is 31.0. The van der Waals surface area contributed by atoms with Crippen molar-refractivity contribution in [2.45, 2.75) is 110 Å². The Balaban J connectivity index is 1.49. The van der Waals surface area contributed by atoms with Crippen LogP contribution in [0.4, 0.5) is 0 Å². The number of carbonyl (C=O) groups is 1. The van der Waals surface area contributed by atoms with Gasteiger partial charge in [0.1, 0.15) is 6.10 Å². The van der Waals surface area contributed by atoms with Crippen LogP contribution >= 0.6 is 0 Å². The van der Waals surface area contributed by atoms with Crippen molar-refractivity contribution in [3.63, 3.8) is 0 Å². The average Bonchev–Trinajstić information content (AvgIpc) is 3.28. The van der Waals surface area contributed by atoms with Crippen LogP contribution in [0.1, 0.15) is 92.9 Å². The van der Waals surface area contributed by atoms with Gasteiger partial charge in [-0.05, 0) is 83.5 Å². The molecule has 5 rings (SSSR count). The standard InChI is InChI=1S/C38H54O4Si/c1-27-18-19-33-35(41-28(2)40)34(21-24-37(27,33)6)38(7)23-20-30(26-29(38)22-25-39)42-43(36(3,4)5,31-14-10-8-11-15-31)32-16-12-9-13-17-32/h8-17,29-30,33-35,39H,1,18-26H2,2-7H3/t29-,30-,33+,34+,35-,37+,38-/m0/s1. The molecule has 3 aliphatic rings. The lowest BCUT2D eigenvalue weighted by Crippen LogP contribution is -2.68. The fourth-order valence-electron chi connectivity index (χ4n) is 9.57. The van der Waals surface area contributed by atoms with Gasteiger partial charge in [-0.1, -0.05) is 107 Å². The molecule has 1 N–H and O–H groups in total. The molecule has 234 valence electrons. The number of aliphatic hydroxyl groups excluding tert-OH is 1. The Morgan fingerprint density at radius 1 is 0.953 bits per heavy atom. The van der Waals surface area contributed by atoms with E-state index in [1.54, 1.807) is 6.92 Å². The highest BCUT2D eigenvalue weighted by atomic mass is 28.4. The average molecular weight is 603 g/mol. The van der Waals surface area contributed by atoms with Crippen LogP contribution < -0.4 is 10.4 Å². The van der Waals surface area contributed by atoms with Gasteiger partial charge in [0.15, 0.2) is 0 Å². The van der Waals surface area contributed by atoms with E-state index in [1.165, 1.54) is 15.9 Å². The third kappa shape index (κ3) is 5.71. The SMILES string of the molecule is C=C1CC[C@@H]2[C@H](OC(C)=O)[C@H]([C@@]3(C)CC[C@H](O[Si](c4ccccc4)(c4ccccc4)C(C)(C)C)C[C@@H]3CCO)CC[C@]12C. The summed E-state index contributed by atoms with van der Waals surface area (Å²) in [7, 11) is -2.69. The monoisotopic (exact) mass is 602 g/mol. The molecule has 7 atom stereocenters. The maximum Gasteiger partial charge on any atom is 0.302 e. The number of benzene rings is 2. The molecule has 0 unspecified atom stereocenters. The number of fused-ring (bicyclic) bond motifs is 1. The van der Waals surface area contributed by atoms with Gasteiger partial charge in [-0.2, -0.15) is 0 Å². The van der Waals surface area contributed by atoms with Gasteiger partial charge >= 0.3 is 5.97 Å². The number of carbonyl (C=O) groups excluding carboxylic acids is 1. The number of aliphatic hydroxyl groups is 1. The second-order valence-electron chi connectivity index (χ2n) is 15.3. The molecule has 43 heavy (non-hydrogen) atoms. The van der Waals surface area contributed by atoms with E-state index in [0.29, 0.717) is 5.92 Å². The third-order valence-electron chi connectivity index (χ3n) is 12.0. The molecule has 3 aliphatic carbocycles. The first-order valence-electron chi connectivity index (χ1n) is 16.6. The van der Waals surface area contributed by atoms with E-state index in [4.69, 9.17) is 9.16 Å². The lowest BCUT2D eigenvalue weighted by Gasteiger charge is -2.57. The van der Waals surface area contributed by atoms with Crippen LogP contribution in [-0.4, -0.2) is 38.2 Å². The number of esters is 1. The smallest absolute Gasteiger partial charge is 0.302 e. The Labute approximate surface area is 261 Å². The molecule has 5 heteroatoms. The molecule has 3 saturated carbocycles. The van der Waals surface area contributed by atoms with Crippen molar-refractivity contribution in [2.24, 2.45) is 28.6 Å². The van der Waals surface area contributed by atoms with Crippen molar-refractivity contribution >= 4 is 24.7 Å². The van der Waals surface area contributed by atoms with Crippen molar-refractivity contribution in [2.75, 3.05) is 6.61 Å². The molecule has 0 saturated heterocycles. The van der Waals surface area contributed by atoms with Crippen LogP contribution in [-0.2, 0) is 14.0 Å². The summed E-state index contributed by atoms with van der Waals surface area (Å²) in [6.45, 7) is 18.0. The van der Waals surface area contributed by atoms with Gasteiger partial charge in [0, 0.05) is 31.5 Å². The number of rotatable bonds is 8. The van der Waals surface area contributed by atoms with Crippen molar-refractivity contribution in [3.8, 4) is 0 Å². The number of ether oxygens (including phenoxy) is 1. The van der Waals surface area contributed by atoms with E-state index >= 15 is 0 Å². The minimum atomic E-state index is -2.69. The summed E-state index contributed by atoms with van der Waals surface area (Å²) >= 11 is 0. The first-order valence-corrected chi connectivity index (χ1v) is 18.5. The summed E-state index contributed by atoms with van der Waals surface area (Å²) < 4.78 is 13.9. The summed E-state index contributed by atoms with van der Waals surface area (Å²) in [5, 5.41) is 12.9. The summed E-state index contributed by atoms with van der Waals surface area (Å²) in [5.74, 6) is 0.695. The third-order valence-corrected chi connectivity index (χ3v) is 17.1. The molecule has 0 spiro atoms. The first kappa shape index (κ1) is 32.2. The Bertz CT molecular complexity index is 1230. The molecule has 2 aromatic rings. The van der Waals surface area contributed by atoms with Gasteiger partial charge in [0.25, 0.3) is 8.32 Å². The highest BCUT2D eigenvalue weighted by molar-refractivity contribution is 6.99. The fraction of sp³-hybridized carbons (Fsp3) is 0.605. The second kappa shape index (κ2) is 12.3. The van der Waals surface area contributed by atoms with E-state index < -0.39 is 8.32 Å². The van der Waals surface area contributed by atoms with Crippen molar-refractivity contribution in [3.05, 3.63) is 72.8 Å². The summed E-state index contributed by atoms with van der Waals surface area (Å²) in [4.78, 5) is 12.5. The quantitative estimate of drug-likeness (QED) is 0.194. The first-order chi connectivity index (χ1) is 20.4. The van der Waals surface area contributed by atoms with Gasteiger partial charge in [0.05, 0.1) is 0 Å². The minimum Gasteiger partial charge on any atom is -0.462 e. The molecule has 2 aromatic carbocycles. The molecule has 4 nitrogen and oxygen atoms in total. The van der Waals surface area contributed by atoms with Crippen LogP contribution in [0.5, 0.6) is 0 Å². The molecule has 0 aliphatic heterocycles. The molecule has 0 aromatic heterocycles. The van der Waals surface area contributed by atoms with Gasteiger partial charge < -0.3 is 14.3 Å². The highest BCUT2D eigenvalue weighted by Gasteiger charge is 2.59. The van der Waals surface area contributed by atoms with Crippen LogP contribution in [0.3, 0.4) is 0 Å². The van der Waals surface area contributed by atoms with E-state index in [2.05, 4.69) is 102 Å². The number of hydrogen-bond acceptors (Lipinski definition) is 4. The van der Waals surface area contributed by atoms with Crippen LogP contribution in [0.2, 0.25) is 5.04 Å². The summed E-state index contributed by atoms with van der Waals surface area (Å²) in [6, 6.07) is 21.8. The maximum atomic E-state index is 12.5. The van der Waals surface area contributed by atoms with Crippen LogP contribution in [0.15, 0.2) is 72.8 Å². The summed E-state index contributed by atoms with van der Waals surface area (Å²) in [5.41, 5.74) is 1.33. The van der Waals surface area contributed by atoms with E-state index in [-0.39, 0.29) is 52.5 Å². The largest absolute Gasteiger partial charge is 0.462 e. The van der Waals surface area contributed by atoms with Gasteiger partial charge in [-0.15, -0.1) is 0 Å². The Hall–Kier alpha value is -2.21. The number of allylic oxidation sites excluding steroid dienone is 1. The lowest BCUT2D eigenvalue weighted by atomic mass is 9.51. The Morgan fingerprint density at radius 3 is 2.09 bits per heavy atom. The zero-order valence-corrected chi connectivity index (χ0v) is 28.4. The van der Waals surface area contributed by atoms with Crippen molar-refractivity contribution in [1.82, 2.24) is 0 Å². The maximum absolute atomic E-state index is 12.5. The van der Waals surface area contributed by atoms with Crippen LogP contribution in [0, 0.1) is 28.6 Å². The van der Waals surface area contributed by atoms with Gasteiger partial charge in [-0.25, -0.2) is 0 Å². The molecule has 0 heterocycles. The topological polar surface area (TPSA) is 55.8 Å². The second-order valence-corrected chi connectivity index (χ2v) is 19.5. The normalized spacial score (nSPS) is 33.2. The molecule has 0 bridgehead atoms. The van der Waals surface area contributed by atoms with E-state index in [1.807, 2.05) is 0 Å².